The minimum Gasteiger partial charge on any atom is -0.508 e. The van der Waals surface area contributed by atoms with Gasteiger partial charge in [-0.3, -0.25) is 0 Å². The van der Waals surface area contributed by atoms with Crippen molar-refractivity contribution in [2.24, 2.45) is 5.73 Å². The molecule has 82 valence electrons. The average molecular weight is 209 g/mol. The van der Waals surface area contributed by atoms with Crippen LogP contribution in [-0.4, -0.2) is 11.7 Å². The van der Waals surface area contributed by atoms with Crippen LogP contribution in [0.15, 0.2) is 18.2 Å². The fraction of sp³-hybridized carbons (Fsp3) is 0.500. The molecule has 1 aliphatic rings. The topological polar surface area (TPSA) is 46.2 Å². The van der Waals surface area contributed by atoms with Gasteiger partial charge in [-0.1, -0.05) is 6.07 Å². The molecule has 1 aliphatic carbocycles. The molecule has 0 amide bonds. The van der Waals surface area contributed by atoms with Crippen molar-refractivity contribution < 1.29 is 9.50 Å². The molecule has 1 saturated carbocycles. The standard InChI is InChI=1S/C12H16FNO/c1-8(13)9-2-3-11(15)10(6-9)12(7-14)4-5-12/h2-3,6,8,15H,4-5,7,14H2,1H3. The van der Waals surface area contributed by atoms with E-state index in [9.17, 15) is 9.50 Å². The summed E-state index contributed by atoms with van der Waals surface area (Å²) in [7, 11) is 0. The van der Waals surface area contributed by atoms with Gasteiger partial charge in [0, 0.05) is 17.5 Å². The highest BCUT2D eigenvalue weighted by atomic mass is 19.1. The summed E-state index contributed by atoms with van der Waals surface area (Å²) in [5.74, 6) is 0.238. The number of aromatic hydroxyl groups is 1. The summed E-state index contributed by atoms with van der Waals surface area (Å²) in [5.41, 5.74) is 7.03. The maximum absolute atomic E-state index is 13.1. The summed E-state index contributed by atoms with van der Waals surface area (Å²) in [5, 5.41) is 9.75. The molecule has 0 saturated heterocycles. The van der Waals surface area contributed by atoms with Gasteiger partial charge in [0.1, 0.15) is 11.9 Å². The van der Waals surface area contributed by atoms with Crippen LogP contribution in [0.25, 0.3) is 0 Å². The van der Waals surface area contributed by atoms with Crippen molar-refractivity contribution in [1.82, 2.24) is 0 Å². The van der Waals surface area contributed by atoms with Crippen LogP contribution < -0.4 is 5.73 Å². The smallest absolute Gasteiger partial charge is 0.122 e. The van der Waals surface area contributed by atoms with Crippen LogP contribution in [0.4, 0.5) is 4.39 Å². The van der Waals surface area contributed by atoms with Crippen LogP contribution in [0, 0.1) is 0 Å². The quantitative estimate of drug-likeness (QED) is 0.803. The van der Waals surface area contributed by atoms with Crippen molar-refractivity contribution >= 4 is 0 Å². The second-order valence-corrected chi connectivity index (χ2v) is 4.38. The van der Waals surface area contributed by atoms with Crippen LogP contribution in [-0.2, 0) is 5.41 Å². The molecule has 3 heteroatoms. The van der Waals surface area contributed by atoms with E-state index in [4.69, 9.17) is 5.73 Å². The molecule has 0 radical (unpaired) electrons. The number of phenolic OH excluding ortho intramolecular Hbond substituents is 1. The molecule has 3 N–H and O–H groups in total. The lowest BCUT2D eigenvalue weighted by Crippen LogP contribution is -2.20. The van der Waals surface area contributed by atoms with Gasteiger partial charge >= 0.3 is 0 Å². The van der Waals surface area contributed by atoms with Gasteiger partial charge in [-0.15, -0.1) is 0 Å². The number of phenols is 1. The Bertz CT molecular complexity index is 372. The zero-order valence-electron chi connectivity index (χ0n) is 8.83. The molecule has 1 atom stereocenters. The molecule has 1 unspecified atom stereocenters. The van der Waals surface area contributed by atoms with E-state index in [-0.39, 0.29) is 11.2 Å². The number of hydrogen-bond acceptors (Lipinski definition) is 2. The summed E-state index contributed by atoms with van der Waals surface area (Å²) >= 11 is 0. The number of alkyl halides is 1. The highest BCUT2D eigenvalue weighted by molar-refractivity contribution is 5.45. The second kappa shape index (κ2) is 3.49. The zero-order chi connectivity index (χ0) is 11.1. The fourth-order valence-corrected chi connectivity index (χ4v) is 1.96. The molecular formula is C12H16FNO. The predicted octanol–water partition coefficient (Wildman–Crippen LogP) is 2.41. The first-order chi connectivity index (χ1) is 7.09. The molecule has 2 rings (SSSR count). The van der Waals surface area contributed by atoms with Gasteiger partial charge in [-0.25, -0.2) is 4.39 Å². The average Bonchev–Trinajstić information content (AvgIpc) is 2.99. The van der Waals surface area contributed by atoms with Gasteiger partial charge in [0.25, 0.3) is 0 Å². The molecule has 2 nitrogen and oxygen atoms in total. The Morgan fingerprint density at radius 2 is 2.20 bits per heavy atom. The Morgan fingerprint density at radius 1 is 1.53 bits per heavy atom. The Kier molecular flexibility index (Phi) is 2.43. The van der Waals surface area contributed by atoms with Crippen LogP contribution >= 0.6 is 0 Å². The minimum atomic E-state index is -1.00. The van der Waals surface area contributed by atoms with E-state index in [0.29, 0.717) is 12.1 Å². The van der Waals surface area contributed by atoms with E-state index >= 15 is 0 Å². The van der Waals surface area contributed by atoms with Crippen molar-refractivity contribution in [3.63, 3.8) is 0 Å². The summed E-state index contributed by atoms with van der Waals surface area (Å²) in [4.78, 5) is 0. The van der Waals surface area contributed by atoms with Gasteiger partial charge in [0.2, 0.25) is 0 Å². The normalized spacial score (nSPS) is 19.9. The third-order valence-corrected chi connectivity index (χ3v) is 3.30. The van der Waals surface area contributed by atoms with Gasteiger partial charge < -0.3 is 10.8 Å². The van der Waals surface area contributed by atoms with E-state index in [0.717, 1.165) is 18.4 Å². The molecule has 1 fully saturated rings. The van der Waals surface area contributed by atoms with Gasteiger partial charge in [0.15, 0.2) is 0 Å². The maximum atomic E-state index is 13.1. The van der Waals surface area contributed by atoms with Gasteiger partial charge in [0.05, 0.1) is 0 Å². The summed E-state index contributed by atoms with van der Waals surface area (Å²) in [6.45, 7) is 2.02. The van der Waals surface area contributed by atoms with Crippen molar-refractivity contribution in [1.29, 1.82) is 0 Å². The van der Waals surface area contributed by atoms with Crippen LogP contribution in [0.2, 0.25) is 0 Å². The van der Waals surface area contributed by atoms with E-state index in [1.807, 2.05) is 0 Å². The van der Waals surface area contributed by atoms with Crippen molar-refractivity contribution in [2.75, 3.05) is 6.54 Å². The number of rotatable bonds is 3. The molecular weight excluding hydrogens is 193 g/mol. The van der Waals surface area contributed by atoms with E-state index in [1.165, 1.54) is 6.92 Å². The van der Waals surface area contributed by atoms with Crippen LogP contribution in [0.5, 0.6) is 5.75 Å². The van der Waals surface area contributed by atoms with Crippen molar-refractivity contribution in [3.05, 3.63) is 29.3 Å². The number of hydrogen-bond donors (Lipinski definition) is 2. The molecule has 0 bridgehead atoms. The molecule has 0 spiro atoms. The molecule has 1 aromatic rings. The Hall–Kier alpha value is -1.09. The predicted molar refractivity (Wildman–Crippen MR) is 57.6 cm³/mol. The van der Waals surface area contributed by atoms with E-state index < -0.39 is 6.17 Å². The van der Waals surface area contributed by atoms with Crippen molar-refractivity contribution in [3.8, 4) is 5.75 Å². The lowest BCUT2D eigenvalue weighted by Gasteiger charge is -2.16. The highest BCUT2D eigenvalue weighted by Gasteiger charge is 2.44. The first-order valence-electron chi connectivity index (χ1n) is 5.26. The van der Waals surface area contributed by atoms with Gasteiger partial charge in [-0.2, -0.15) is 0 Å². The van der Waals surface area contributed by atoms with E-state index in [1.54, 1.807) is 18.2 Å². The first kappa shape index (κ1) is 10.4. The largest absolute Gasteiger partial charge is 0.508 e. The molecule has 15 heavy (non-hydrogen) atoms. The maximum Gasteiger partial charge on any atom is 0.122 e. The Balaban J connectivity index is 2.42. The minimum absolute atomic E-state index is 0.0883. The third kappa shape index (κ3) is 1.72. The summed E-state index contributed by atoms with van der Waals surface area (Å²) < 4.78 is 13.1. The zero-order valence-corrected chi connectivity index (χ0v) is 8.83. The van der Waals surface area contributed by atoms with Crippen LogP contribution in [0.3, 0.4) is 0 Å². The van der Waals surface area contributed by atoms with E-state index in [2.05, 4.69) is 0 Å². The van der Waals surface area contributed by atoms with Gasteiger partial charge in [-0.05, 0) is 37.5 Å². The summed E-state index contributed by atoms with van der Waals surface area (Å²) in [6.07, 6.45) is 0.973. The first-order valence-corrected chi connectivity index (χ1v) is 5.26. The fourth-order valence-electron chi connectivity index (χ4n) is 1.96. The third-order valence-electron chi connectivity index (χ3n) is 3.30. The van der Waals surface area contributed by atoms with Crippen molar-refractivity contribution in [2.45, 2.75) is 31.4 Å². The molecule has 0 aromatic heterocycles. The lowest BCUT2D eigenvalue weighted by molar-refractivity contribution is 0.372. The number of benzene rings is 1. The molecule has 0 heterocycles. The number of halogens is 1. The lowest BCUT2D eigenvalue weighted by atomic mass is 9.92. The van der Waals surface area contributed by atoms with Crippen LogP contribution in [0.1, 0.15) is 37.1 Å². The Morgan fingerprint density at radius 3 is 2.67 bits per heavy atom. The monoisotopic (exact) mass is 209 g/mol. The second-order valence-electron chi connectivity index (χ2n) is 4.38. The summed E-state index contributed by atoms with van der Waals surface area (Å²) in [6, 6.07) is 4.94. The molecule has 0 aliphatic heterocycles. The highest BCUT2D eigenvalue weighted by Crippen LogP contribution is 2.50. The SMILES string of the molecule is CC(F)c1ccc(O)c(C2(CN)CC2)c1. The number of nitrogens with two attached hydrogens (primary N) is 1. The Labute approximate surface area is 88.9 Å². The molecule has 1 aromatic carbocycles.